The highest BCUT2D eigenvalue weighted by Crippen LogP contribution is 2.23. The number of carbonyl (C=O) groups is 1. The summed E-state index contributed by atoms with van der Waals surface area (Å²) in [5, 5.41) is 8.40. The number of piperazine rings is 1. The van der Waals surface area contributed by atoms with Gasteiger partial charge in [0.1, 0.15) is 18.7 Å². The lowest BCUT2D eigenvalue weighted by molar-refractivity contribution is -0.122. The molecule has 1 unspecified atom stereocenters. The van der Waals surface area contributed by atoms with Crippen molar-refractivity contribution in [3.63, 3.8) is 0 Å². The standard InChI is InChI=1S/C22H29N7O/c1-17(8-9-18-6-4-3-5-7-18)26-20(30)15-29-22-19(14-25-29)21(23-16-24-22)28-12-10-27(2)11-13-28/h3-7,14,16-17H,8-13,15H2,1-2H3,(H,26,30). The summed E-state index contributed by atoms with van der Waals surface area (Å²) in [6, 6.07) is 10.4. The average molecular weight is 408 g/mol. The number of fused-ring (bicyclic) bond motifs is 1. The Hall–Kier alpha value is -3.00. The molecule has 1 aliphatic rings. The first-order valence-corrected chi connectivity index (χ1v) is 10.5. The highest BCUT2D eigenvalue weighted by Gasteiger charge is 2.20. The van der Waals surface area contributed by atoms with E-state index in [4.69, 9.17) is 0 Å². The van der Waals surface area contributed by atoms with E-state index >= 15 is 0 Å². The fourth-order valence-electron chi connectivity index (χ4n) is 3.82. The van der Waals surface area contributed by atoms with Crippen LogP contribution >= 0.6 is 0 Å². The van der Waals surface area contributed by atoms with Crippen LogP contribution in [0.5, 0.6) is 0 Å². The molecule has 158 valence electrons. The SMILES string of the molecule is CC(CCc1ccccc1)NC(=O)Cn1ncc2c(N3CCN(C)CC3)ncnc21. The summed E-state index contributed by atoms with van der Waals surface area (Å²) in [4.78, 5) is 26.0. The van der Waals surface area contributed by atoms with E-state index in [0.29, 0.717) is 5.65 Å². The third-order valence-corrected chi connectivity index (χ3v) is 5.62. The van der Waals surface area contributed by atoms with Gasteiger partial charge in [0.05, 0.1) is 11.6 Å². The lowest BCUT2D eigenvalue weighted by Gasteiger charge is -2.33. The number of nitrogens with zero attached hydrogens (tertiary/aromatic N) is 6. The fourth-order valence-corrected chi connectivity index (χ4v) is 3.82. The summed E-state index contributed by atoms with van der Waals surface area (Å²) in [7, 11) is 2.13. The van der Waals surface area contributed by atoms with E-state index in [1.807, 2.05) is 25.1 Å². The normalized spacial score (nSPS) is 16.0. The zero-order valence-corrected chi connectivity index (χ0v) is 17.7. The lowest BCUT2D eigenvalue weighted by atomic mass is 10.1. The second-order valence-electron chi connectivity index (χ2n) is 8.02. The second-order valence-corrected chi connectivity index (χ2v) is 8.02. The van der Waals surface area contributed by atoms with Gasteiger partial charge < -0.3 is 15.1 Å². The Morgan fingerprint density at radius 3 is 2.67 bits per heavy atom. The van der Waals surface area contributed by atoms with Crippen molar-refractivity contribution in [3.8, 4) is 0 Å². The van der Waals surface area contributed by atoms with Crippen LogP contribution in [0.25, 0.3) is 11.0 Å². The molecule has 3 aromatic rings. The number of aryl methyl sites for hydroxylation is 1. The average Bonchev–Trinajstić information content (AvgIpc) is 3.16. The van der Waals surface area contributed by atoms with Gasteiger partial charge >= 0.3 is 0 Å². The largest absolute Gasteiger partial charge is 0.353 e. The molecule has 1 N–H and O–H groups in total. The second kappa shape index (κ2) is 9.21. The number of benzene rings is 1. The van der Waals surface area contributed by atoms with Gasteiger partial charge in [-0.05, 0) is 32.4 Å². The van der Waals surface area contributed by atoms with Crippen LogP contribution in [0.15, 0.2) is 42.9 Å². The fraction of sp³-hybridized carbons (Fsp3) is 0.455. The molecule has 2 aromatic heterocycles. The van der Waals surface area contributed by atoms with Crippen molar-refractivity contribution in [2.45, 2.75) is 32.4 Å². The van der Waals surface area contributed by atoms with Crippen molar-refractivity contribution in [1.82, 2.24) is 30.0 Å². The molecule has 1 fully saturated rings. The maximum Gasteiger partial charge on any atom is 0.242 e. The minimum Gasteiger partial charge on any atom is -0.353 e. The Balaban J connectivity index is 1.37. The monoisotopic (exact) mass is 407 g/mol. The highest BCUT2D eigenvalue weighted by atomic mass is 16.2. The van der Waals surface area contributed by atoms with E-state index in [9.17, 15) is 4.79 Å². The summed E-state index contributed by atoms with van der Waals surface area (Å²) in [5.41, 5.74) is 1.98. The molecule has 3 heterocycles. The van der Waals surface area contributed by atoms with Gasteiger partial charge in [0.25, 0.3) is 0 Å². The van der Waals surface area contributed by atoms with Gasteiger partial charge in [-0.25, -0.2) is 14.6 Å². The van der Waals surface area contributed by atoms with Crippen LogP contribution in [0.3, 0.4) is 0 Å². The zero-order valence-electron chi connectivity index (χ0n) is 17.7. The van der Waals surface area contributed by atoms with E-state index in [-0.39, 0.29) is 18.5 Å². The molecule has 1 amide bonds. The van der Waals surface area contributed by atoms with E-state index in [1.165, 1.54) is 5.56 Å². The van der Waals surface area contributed by atoms with Crippen LogP contribution in [0, 0.1) is 0 Å². The molecule has 30 heavy (non-hydrogen) atoms. The predicted molar refractivity (Wildman–Crippen MR) is 117 cm³/mol. The molecule has 8 nitrogen and oxygen atoms in total. The number of hydrogen-bond acceptors (Lipinski definition) is 6. The third kappa shape index (κ3) is 4.76. The molecule has 1 aromatic carbocycles. The topological polar surface area (TPSA) is 79.2 Å². The van der Waals surface area contributed by atoms with Crippen molar-refractivity contribution in [1.29, 1.82) is 0 Å². The number of hydrogen-bond donors (Lipinski definition) is 1. The Labute approximate surface area is 176 Å². The van der Waals surface area contributed by atoms with Crippen molar-refractivity contribution in [3.05, 3.63) is 48.4 Å². The summed E-state index contributed by atoms with van der Waals surface area (Å²) < 4.78 is 1.66. The van der Waals surface area contributed by atoms with Crippen LogP contribution in [-0.4, -0.2) is 69.8 Å². The summed E-state index contributed by atoms with van der Waals surface area (Å²) in [6.45, 7) is 6.04. The molecule has 0 saturated carbocycles. The summed E-state index contributed by atoms with van der Waals surface area (Å²) in [5.74, 6) is 0.844. The minimum atomic E-state index is -0.0553. The van der Waals surface area contributed by atoms with Crippen LogP contribution in [0.4, 0.5) is 5.82 Å². The number of carbonyl (C=O) groups excluding carboxylic acids is 1. The predicted octanol–water partition coefficient (Wildman–Crippen LogP) is 1.72. The van der Waals surface area contributed by atoms with Crippen molar-refractivity contribution < 1.29 is 4.79 Å². The van der Waals surface area contributed by atoms with E-state index < -0.39 is 0 Å². The molecule has 0 aliphatic carbocycles. The van der Waals surface area contributed by atoms with Crippen LogP contribution < -0.4 is 10.2 Å². The van der Waals surface area contributed by atoms with Gasteiger partial charge in [0.2, 0.25) is 5.91 Å². The van der Waals surface area contributed by atoms with Crippen LogP contribution in [0.2, 0.25) is 0 Å². The molecule has 8 heteroatoms. The number of likely N-dealkylation sites (N-methyl/N-ethyl adjacent to an activating group) is 1. The van der Waals surface area contributed by atoms with Crippen molar-refractivity contribution in [2.75, 3.05) is 38.1 Å². The van der Waals surface area contributed by atoms with E-state index in [0.717, 1.165) is 50.2 Å². The minimum absolute atomic E-state index is 0.0553. The first-order valence-electron chi connectivity index (χ1n) is 10.5. The first-order chi connectivity index (χ1) is 14.6. The summed E-state index contributed by atoms with van der Waals surface area (Å²) in [6.07, 6.45) is 5.17. The van der Waals surface area contributed by atoms with E-state index in [1.54, 1.807) is 17.2 Å². The maximum atomic E-state index is 12.6. The maximum absolute atomic E-state index is 12.6. The molecule has 0 bridgehead atoms. The van der Waals surface area contributed by atoms with Gasteiger partial charge in [-0.2, -0.15) is 5.10 Å². The molecule has 4 rings (SSSR count). The van der Waals surface area contributed by atoms with Crippen LogP contribution in [0.1, 0.15) is 18.9 Å². The van der Waals surface area contributed by atoms with Crippen LogP contribution in [-0.2, 0) is 17.8 Å². The number of nitrogens with one attached hydrogen (secondary N) is 1. The Kier molecular flexibility index (Phi) is 6.23. The lowest BCUT2D eigenvalue weighted by Crippen LogP contribution is -2.44. The number of aromatic nitrogens is 4. The molecule has 1 aliphatic heterocycles. The van der Waals surface area contributed by atoms with Crippen molar-refractivity contribution >= 4 is 22.8 Å². The van der Waals surface area contributed by atoms with Gasteiger partial charge in [0, 0.05) is 32.2 Å². The molecular weight excluding hydrogens is 378 g/mol. The Bertz CT molecular complexity index is 980. The zero-order chi connectivity index (χ0) is 20.9. The quantitative estimate of drug-likeness (QED) is 0.642. The summed E-state index contributed by atoms with van der Waals surface area (Å²) >= 11 is 0. The number of amides is 1. The number of rotatable bonds is 7. The molecule has 1 atom stereocenters. The van der Waals surface area contributed by atoms with Gasteiger partial charge in [-0.3, -0.25) is 4.79 Å². The van der Waals surface area contributed by atoms with Gasteiger partial charge in [0.15, 0.2) is 5.65 Å². The Morgan fingerprint density at radius 1 is 1.13 bits per heavy atom. The third-order valence-electron chi connectivity index (χ3n) is 5.62. The molecule has 1 saturated heterocycles. The molecular formula is C22H29N7O. The Morgan fingerprint density at radius 2 is 1.90 bits per heavy atom. The van der Waals surface area contributed by atoms with Crippen molar-refractivity contribution in [2.24, 2.45) is 0 Å². The first kappa shape index (κ1) is 20.3. The van der Waals surface area contributed by atoms with Gasteiger partial charge in [-0.1, -0.05) is 30.3 Å². The van der Waals surface area contributed by atoms with Gasteiger partial charge in [-0.15, -0.1) is 0 Å². The number of anilines is 1. The highest BCUT2D eigenvalue weighted by molar-refractivity contribution is 5.88. The molecule has 0 spiro atoms. The smallest absolute Gasteiger partial charge is 0.242 e. The van der Waals surface area contributed by atoms with E-state index in [2.05, 4.69) is 49.4 Å². The molecule has 0 radical (unpaired) electrons.